The van der Waals surface area contributed by atoms with Gasteiger partial charge >= 0.3 is 11.9 Å². The van der Waals surface area contributed by atoms with Crippen LogP contribution in [0.5, 0.6) is 0 Å². The lowest BCUT2D eigenvalue weighted by Gasteiger charge is -2.25. The molecule has 0 spiro atoms. The van der Waals surface area contributed by atoms with Crippen molar-refractivity contribution in [3.63, 3.8) is 0 Å². The second-order valence-electron chi connectivity index (χ2n) is 5.77. The minimum absolute atomic E-state index is 0.204. The number of nitriles is 1. The Bertz CT molecular complexity index is 781. The number of halogens is 3. The first-order valence-corrected chi connectivity index (χ1v) is 9.40. The number of alkyl halides is 3. The fourth-order valence-electron chi connectivity index (χ4n) is 2.66. The zero-order valence-corrected chi connectivity index (χ0v) is 16.1. The first-order valence-electron chi connectivity index (χ1n) is 8.41. The van der Waals surface area contributed by atoms with E-state index < -0.39 is 49.3 Å². The minimum Gasteiger partial charge on any atom is -0.360 e. The topological polar surface area (TPSA) is 113 Å². The SMILES string of the molecule is CCCCN(CCC)c1c([N+](=O)[O-])cc(C(F)(F)F)c(SCC#N)c1[N+](=O)[O-]. The van der Waals surface area contributed by atoms with Gasteiger partial charge in [0, 0.05) is 19.2 Å². The molecule has 0 aliphatic rings. The van der Waals surface area contributed by atoms with E-state index in [0.717, 1.165) is 0 Å². The molecule has 0 saturated heterocycles. The summed E-state index contributed by atoms with van der Waals surface area (Å²) in [5.41, 5.74) is -3.88. The van der Waals surface area contributed by atoms with Crippen molar-refractivity contribution >= 4 is 28.8 Å². The Kier molecular flexibility index (Phi) is 8.49. The molecule has 0 radical (unpaired) electrons. The van der Waals surface area contributed by atoms with Crippen LogP contribution in [0, 0.1) is 31.6 Å². The van der Waals surface area contributed by atoms with Gasteiger partial charge in [-0.15, -0.1) is 11.8 Å². The van der Waals surface area contributed by atoms with Crippen molar-refractivity contribution in [3.8, 4) is 6.07 Å². The molecule has 28 heavy (non-hydrogen) atoms. The number of thioether (sulfide) groups is 1. The number of nitrogens with zero attached hydrogens (tertiary/aromatic N) is 4. The lowest BCUT2D eigenvalue weighted by atomic mass is 10.1. The van der Waals surface area contributed by atoms with Crippen molar-refractivity contribution < 1.29 is 23.0 Å². The average Bonchev–Trinajstić information content (AvgIpc) is 2.60. The molecule has 0 atom stereocenters. The summed E-state index contributed by atoms with van der Waals surface area (Å²) >= 11 is 0.351. The molecule has 0 aliphatic heterocycles. The average molecular weight is 420 g/mol. The van der Waals surface area contributed by atoms with Gasteiger partial charge in [0.1, 0.15) is 4.90 Å². The van der Waals surface area contributed by atoms with Crippen molar-refractivity contribution in [2.45, 2.75) is 44.2 Å². The summed E-state index contributed by atoms with van der Waals surface area (Å²) in [4.78, 5) is 21.8. The van der Waals surface area contributed by atoms with E-state index in [1.807, 2.05) is 6.92 Å². The summed E-state index contributed by atoms with van der Waals surface area (Å²) in [6.45, 7) is 4.04. The van der Waals surface area contributed by atoms with Gasteiger partial charge in [0.2, 0.25) is 0 Å². The maximum Gasteiger partial charge on any atom is 0.417 e. The summed E-state index contributed by atoms with van der Waals surface area (Å²) in [6, 6.07) is 1.96. The maximum absolute atomic E-state index is 13.5. The zero-order valence-electron chi connectivity index (χ0n) is 15.3. The van der Waals surface area contributed by atoms with Crippen LogP contribution in [0.25, 0.3) is 0 Å². The van der Waals surface area contributed by atoms with Gasteiger partial charge in [-0.05, 0) is 12.8 Å². The van der Waals surface area contributed by atoms with Crippen molar-refractivity contribution in [1.82, 2.24) is 0 Å². The fourth-order valence-corrected chi connectivity index (χ4v) is 3.51. The molecule has 0 N–H and O–H groups in total. The highest BCUT2D eigenvalue weighted by atomic mass is 32.2. The largest absolute Gasteiger partial charge is 0.417 e. The number of hydrogen-bond acceptors (Lipinski definition) is 7. The van der Waals surface area contributed by atoms with Crippen molar-refractivity contribution in [2.75, 3.05) is 23.7 Å². The van der Waals surface area contributed by atoms with Crippen LogP contribution in [-0.4, -0.2) is 28.7 Å². The quantitative estimate of drug-likeness (QED) is 0.292. The highest BCUT2D eigenvalue weighted by Crippen LogP contribution is 2.50. The third-order valence-electron chi connectivity index (χ3n) is 3.76. The van der Waals surface area contributed by atoms with Crippen LogP contribution in [0.3, 0.4) is 0 Å². The van der Waals surface area contributed by atoms with Crippen molar-refractivity contribution in [3.05, 3.63) is 31.9 Å². The molecule has 1 aromatic carbocycles. The van der Waals surface area contributed by atoms with E-state index in [0.29, 0.717) is 37.1 Å². The molecule has 0 bridgehead atoms. The first kappa shape index (κ1) is 23.5. The molecule has 1 rings (SSSR count). The van der Waals surface area contributed by atoms with Gasteiger partial charge in [-0.25, -0.2) is 0 Å². The molecule has 0 heterocycles. The number of anilines is 1. The molecule has 0 aliphatic carbocycles. The standard InChI is InChI=1S/C16H19F3N4O4S/c1-3-5-8-21(7-4-2)13-12(22(24)25)10-11(16(17,18)19)15(28-9-6-20)14(13)23(26)27/h10H,3-5,7-9H2,1-2H3. The number of nitro benzene ring substituents is 2. The van der Waals surface area contributed by atoms with Crippen molar-refractivity contribution in [1.29, 1.82) is 5.26 Å². The van der Waals surface area contributed by atoms with E-state index in [2.05, 4.69) is 0 Å². The molecule has 0 saturated carbocycles. The van der Waals surface area contributed by atoms with Crippen LogP contribution in [0.4, 0.5) is 30.2 Å². The monoisotopic (exact) mass is 420 g/mol. The first-order chi connectivity index (χ1) is 13.1. The van der Waals surface area contributed by atoms with Gasteiger partial charge in [-0.3, -0.25) is 20.2 Å². The van der Waals surface area contributed by atoms with Gasteiger partial charge in [-0.1, -0.05) is 20.3 Å². The molecule has 0 amide bonds. The lowest BCUT2D eigenvalue weighted by molar-refractivity contribution is -0.395. The summed E-state index contributed by atoms with van der Waals surface area (Å²) in [5, 5.41) is 32.0. The van der Waals surface area contributed by atoms with Crippen LogP contribution in [0.2, 0.25) is 0 Å². The smallest absolute Gasteiger partial charge is 0.360 e. The highest BCUT2D eigenvalue weighted by Gasteiger charge is 2.43. The maximum atomic E-state index is 13.5. The number of unbranched alkanes of at least 4 members (excludes halogenated alkanes) is 1. The Morgan fingerprint density at radius 3 is 2.25 bits per heavy atom. The van der Waals surface area contributed by atoms with E-state index in [1.165, 1.54) is 4.90 Å². The zero-order chi connectivity index (χ0) is 21.5. The predicted molar refractivity (Wildman–Crippen MR) is 98.5 cm³/mol. The van der Waals surface area contributed by atoms with Gasteiger partial charge in [0.15, 0.2) is 5.69 Å². The third kappa shape index (κ3) is 5.48. The van der Waals surface area contributed by atoms with E-state index >= 15 is 0 Å². The highest BCUT2D eigenvalue weighted by molar-refractivity contribution is 7.99. The van der Waals surface area contributed by atoms with E-state index in [1.54, 1.807) is 13.0 Å². The minimum atomic E-state index is -5.05. The summed E-state index contributed by atoms with van der Waals surface area (Å²) in [7, 11) is 0. The fraction of sp³-hybridized carbons (Fsp3) is 0.562. The van der Waals surface area contributed by atoms with Crippen molar-refractivity contribution in [2.24, 2.45) is 0 Å². The summed E-state index contributed by atoms with van der Waals surface area (Å²) < 4.78 is 40.5. The van der Waals surface area contributed by atoms with E-state index in [9.17, 15) is 33.4 Å². The predicted octanol–water partition coefficient (Wildman–Crippen LogP) is 5.15. The second kappa shape index (κ2) is 10.1. The Hall–Kier alpha value is -2.55. The summed E-state index contributed by atoms with van der Waals surface area (Å²) in [6.07, 6.45) is -3.32. The van der Waals surface area contributed by atoms with Crippen LogP contribution >= 0.6 is 11.8 Å². The molecule has 154 valence electrons. The summed E-state index contributed by atoms with van der Waals surface area (Å²) in [5.74, 6) is -0.468. The molecule has 0 aromatic heterocycles. The van der Waals surface area contributed by atoms with Gasteiger partial charge < -0.3 is 4.90 Å². The number of nitro groups is 2. The van der Waals surface area contributed by atoms with E-state index in [4.69, 9.17) is 5.26 Å². The molecule has 12 heteroatoms. The molecular formula is C16H19F3N4O4S. The van der Waals surface area contributed by atoms with Crippen LogP contribution < -0.4 is 4.90 Å². The lowest BCUT2D eigenvalue weighted by Crippen LogP contribution is -2.27. The van der Waals surface area contributed by atoms with Crippen LogP contribution in [-0.2, 0) is 6.18 Å². The Morgan fingerprint density at radius 1 is 1.18 bits per heavy atom. The molecule has 8 nitrogen and oxygen atoms in total. The number of rotatable bonds is 10. The van der Waals surface area contributed by atoms with Crippen LogP contribution in [0.15, 0.2) is 11.0 Å². The van der Waals surface area contributed by atoms with E-state index in [-0.39, 0.29) is 13.1 Å². The third-order valence-corrected chi connectivity index (χ3v) is 4.74. The van der Waals surface area contributed by atoms with Gasteiger partial charge in [-0.2, -0.15) is 18.4 Å². The second-order valence-corrected chi connectivity index (χ2v) is 6.75. The molecule has 0 unspecified atom stereocenters. The Morgan fingerprint density at radius 2 is 1.82 bits per heavy atom. The Balaban J connectivity index is 3.96. The number of hydrogen-bond donors (Lipinski definition) is 0. The molecule has 1 aromatic rings. The normalized spacial score (nSPS) is 11.1. The molecule has 0 fully saturated rings. The molecular weight excluding hydrogens is 401 g/mol. The van der Waals surface area contributed by atoms with Crippen LogP contribution in [0.1, 0.15) is 38.7 Å². The van der Waals surface area contributed by atoms with Gasteiger partial charge in [0.05, 0.1) is 27.2 Å². The van der Waals surface area contributed by atoms with Gasteiger partial charge in [0.25, 0.3) is 5.69 Å². The Labute approximate surface area is 163 Å². The number of benzene rings is 1.